The zero-order valence-electron chi connectivity index (χ0n) is 14.2. The molecule has 0 aromatic heterocycles. The summed E-state index contributed by atoms with van der Waals surface area (Å²) in [6.45, 7) is 3.87. The molecule has 5 nitrogen and oxygen atoms in total. The summed E-state index contributed by atoms with van der Waals surface area (Å²) in [6.07, 6.45) is 0. The molecule has 0 fully saturated rings. The average molecular weight is 377 g/mol. The van der Waals surface area contributed by atoms with Crippen LogP contribution in [0.4, 0.5) is 5.69 Å². The number of hydrogen-bond acceptors (Lipinski definition) is 3. The number of anilines is 1. The minimum Gasteiger partial charge on any atom is -0.478 e. The van der Waals surface area contributed by atoms with Gasteiger partial charge in [0.2, 0.25) is 0 Å². The van der Waals surface area contributed by atoms with Gasteiger partial charge in [0, 0.05) is 11.0 Å². The summed E-state index contributed by atoms with van der Waals surface area (Å²) in [5, 5.41) is 11.0. The summed E-state index contributed by atoms with van der Waals surface area (Å²) in [6, 6.07) is 16.6. The first kappa shape index (κ1) is 17.3. The van der Waals surface area contributed by atoms with Gasteiger partial charge in [-0.15, -0.1) is 0 Å². The molecule has 134 valence electrons. The molecule has 4 N–H and O–H groups in total. The summed E-state index contributed by atoms with van der Waals surface area (Å²) < 4.78 is 13.3. The third-order valence-electron chi connectivity index (χ3n) is 4.70. The third-order valence-corrected chi connectivity index (χ3v) is 6.74. The Morgan fingerprint density at radius 1 is 0.963 bits per heavy atom. The number of aromatic carboxylic acids is 1. The van der Waals surface area contributed by atoms with Crippen LogP contribution in [0.2, 0.25) is 0 Å². The minimum absolute atomic E-state index is 0.175. The number of carboxylic acids is 1. The summed E-state index contributed by atoms with van der Waals surface area (Å²) in [7, 11) is -3.84. The number of fused-ring (bicyclic) bond motifs is 2. The fourth-order valence-electron chi connectivity index (χ4n) is 3.42. The highest BCUT2D eigenvalue weighted by Gasteiger charge is 2.34. The number of hydrogen-bond donors (Lipinski definition) is 3. The summed E-state index contributed by atoms with van der Waals surface area (Å²) in [5.74, 6) is -1.01. The lowest BCUT2D eigenvalue weighted by Gasteiger charge is -2.25. The lowest BCUT2D eigenvalue weighted by atomic mass is 9.94. The van der Waals surface area contributed by atoms with Crippen LogP contribution in [-0.2, 0) is 4.57 Å². The monoisotopic (exact) mass is 377 g/mol. The van der Waals surface area contributed by atoms with E-state index in [1.165, 1.54) is 18.2 Å². The minimum atomic E-state index is -3.84. The van der Waals surface area contributed by atoms with Crippen molar-refractivity contribution in [2.24, 2.45) is 0 Å². The maximum Gasteiger partial charge on any atom is 0.335 e. The van der Waals surface area contributed by atoms with E-state index in [2.05, 4.69) is 6.58 Å². The first-order valence-corrected chi connectivity index (χ1v) is 9.86. The Morgan fingerprint density at radius 3 is 2.33 bits per heavy atom. The van der Waals surface area contributed by atoms with Gasteiger partial charge in [0.15, 0.2) is 0 Å². The predicted octanol–water partition coefficient (Wildman–Crippen LogP) is 1.16. The molecule has 0 spiro atoms. The van der Waals surface area contributed by atoms with E-state index >= 15 is 0 Å². The van der Waals surface area contributed by atoms with Crippen molar-refractivity contribution in [1.29, 1.82) is 0 Å². The van der Waals surface area contributed by atoms with Gasteiger partial charge in [-0.1, -0.05) is 36.9 Å². The van der Waals surface area contributed by atoms with Crippen LogP contribution < -0.4 is 26.8 Å². The van der Waals surface area contributed by atoms with Crippen molar-refractivity contribution < 1.29 is 19.4 Å². The molecule has 0 bridgehead atoms. The van der Waals surface area contributed by atoms with Crippen molar-refractivity contribution in [2.45, 2.75) is 0 Å². The Morgan fingerprint density at radius 2 is 1.67 bits per heavy atom. The normalized spacial score (nSPS) is 17.9. The molecule has 1 aliphatic heterocycles. The van der Waals surface area contributed by atoms with Crippen molar-refractivity contribution in [1.82, 2.24) is 0 Å². The van der Waals surface area contributed by atoms with Gasteiger partial charge in [0.1, 0.15) is 0 Å². The Labute approximate surface area is 155 Å². The van der Waals surface area contributed by atoms with E-state index in [1.807, 2.05) is 0 Å². The number of carboxylic acid groups (broad SMARTS) is 1. The van der Waals surface area contributed by atoms with Crippen molar-refractivity contribution in [3.05, 3.63) is 87.8 Å². The first-order valence-electron chi connectivity index (χ1n) is 8.20. The van der Waals surface area contributed by atoms with E-state index in [4.69, 9.17) is 10.8 Å². The third kappa shape index (κ3) is 2.69. The zero-order valence-corrected chi connectivity index (χ0v) is 15.1. The Bertz CT molecular complexity index is 1260. The van der Waals surface area contributed by atoms with Gasteiger partial charge < -0.3 is 15.7 Å². The fraction of sp³-hybridized carbons (Fsp3) is 0. The standard InChI is InChI=1S/C21H16NO4P/c1-12-2-8-16-18(10-12)27(25,26)19-11-15(22)7-9-17(19)20(16)13-3-5-14(6-4-13)21(23)24/h2-11H,1,22H2,(H,23,24)(H,25,26). The molecule has 1 aliphatic rings. The first-order chi connectivity index (χ1) is 12.8. The lowest BCUT2D eigenvalue weighted by Crippen LogP contribution is -2.39. The highest BCUT2D eigenvalue weighted by molar-refractivity contribution is 7.73. The molecule has 0 amide bonds. The summed E-state index contributed by atoms with van der Waals surface area (Å²) in [5.41, 5.74) is 8.58. The molecule has 1 unspecified atom stereocenters. The number of nitrogens with two attached hydrogens (primary N) is 1. The van der Waals surface area contributed by atoms with E-state index in [0.717, 1.165) is 11.1 Å². The SMILES string of the molecule is C=c1ccc2c(c1)P(=O)(O)c1cc(N)ccc1C=2c1ccc(C(=O)O)cc1. The molecule has 1 atom stereocenters. The van der Waals surface area contributed by atoms with Crippen LogP contribution in [0.3, 0.4) is 0 Å². The van der Waals surface area contributed by atoms with E-state index < -0.39 is 13.3 Å². The Hall–Kier alpha value is -3.14. The summed E-state index contributed by atoms with van der Waals surface area (Å²) in [4.78, 5) is 22.0. The van der Waals surface area contributed by atoms with E-state index in [0.29, 0.717) is 27.0 Å². The number of nitrogen functional groups attached to an aromatic ring is 1. The predicted molar refractivity (Wildman–Crippen MR) is 106 cm³/mol. The average Bonchev–Trinajstić information content (AvgIpc) is 2.63. The van der Waals surface area contributed by atoms with E-state index in [1.54, 1.807) is 42.5 Å². The molecule has 1 heterocycles. The molecule has 0 radical (unpaired) electrons. The molecule has 27 heavy (non-hydrogen) atoms. The molecule has 0 saturated carbocycles. The van der Waals surface area contributed by atoms with Gasteiger partial charge in [-0.3, -0.25) is 4.57 Å². The van der Waals surface area contributed by atoms with Crippen LogP contribution in [0, 0.1) is 0 Å². The second-order valence-electron chi connectivity index (χ2n) is 6.46. The van der Waals surface area contributed by atoms with Crippen LogP contribution in [0.25, 0.3) is 12.2 Å². The maximum atomic E-state index is 13.3. The topological polar surface area (TPSA) is 101 Å². The molecule has 4 rings (SSSR count). The maximum absolute atomic E-state index is 13.3. The summed E-state index contributed by atoms with van der Waals surface area (Å²) >= 11 is 0. The molecule has 3 aromatic carbocycles. The molecule has 0 saturated heterocycles. The van der Waals surface area contributed by atoms with E-state index in [9.17, 15) is 14.3 Å². The Kier molecular flexibility index (Phi) is 3.81. The van der Waals surface area contributed by atoms with Crippen LogP contribution in [0.15, 0.2) is 60.7 Å². The number of benzene rings is 3. The molecule has 0 aliphatic carbocycles. The van der Waals surface area contributed by atoms with Gasteiger partial charge in [-0.05, 0) is 57.5 Å². The molecule has 6 heteroatoms. The van der Waals surface area contributed by atoms with Crippen molar-refractivity contribution >= 4 is 41.8 Å². The Balaban J connectivity index is 2.14. The van der Waals surface area contributed by atoms with Gasteiger partial charge in [0.05, 0.1) is 10.9 Å². The quantitative estimate of drug-likeness (QED) is 0.460. The van der Waals surface area contributed by atoms with Gasteiger partial charge >= 0.3 is 5.97 Å². The highest BCUT2D eigenvalue weighted by Crippen LogP contribution is 2.43. The lowest BCUT2D eigenvalue weighted by molar-refractivity contribution is 0.0697. The molecular formula is C21H16NO4P. The van der Waals surface area contributed by atoms with Crippen LogP contribution >= 0.6 is 7.37 Å². The van der Waals surface area contributed by atoms with Crippen LogP contribution in [0.5, 0.6) is 0 Å². The van der Waals surface area contributed by atoms with Crippen LogP contribution in [-0.4, -0.2) is 16.0 Å². The second kappa shape index (κ2) is 5.95. The van der Waals surface area contributed by atoms with Crippen molar-refractivity contribution in [3.63, 3.8) is 0 Å². The highest BCUT2D eigenvalue weighted by atomic mass is 31.2. The number of carbonyl (C=O) groups is 1. The zero-order chi connectivity index (χ0) is 19.3. The molecular weight excluding hydrogens is 361 g/mol. The van der Waals surface area contributed by atoms with Gasteiger partial charge in [0.25, 0.3) is 7.37 Å². The second-order valence-corrected chi connectivity index (χ2v) is 8.58. The largest absolute Gasteiger partial charge is 0.478 e. The number of rotatable bonds is 2. The van der Waals surface area contributed by atoms with Crippen LogP contribution in [0.1, 0.15) is 21.5 Å². The van der Waals surface area contributed by atoms with Crippen molar-refractivity contribution in [2.75, 3.05) is 5.73 Å². The van der Waals surface area contributed by atoms with E-state index in [-0.39, 0.29) is 10.9 Å². The van der Waals surface area contributed by atoms with Crippen molar-refractivity contribution in [3.8, 4) is 0 Å². The molecule has 3 aromatic rings. The van der Waals surface area contributed by atoms with Gasteiger partial charge in [-0.2, -0.15) is 0 Å². The smallest absolute Gasteiger partial charge is 0.335 e. The fourth-order valence-corrected chi connectivity index (χ4v) is 5.37. The van der Waals surface area contributed by atoms with Gasteiger partial charge in [-0.25, -0.2) is 4.79 Å².